The van der Waals surface area contributed by atoms with E-state index in [0.717, 1.165) is 27.7 Å². The number of halogens is 1. The summed E-state index contributed by atoms with van der Waals surface area (Å²) >= 11 is 6.24. The highest BCUT2D eigenvalue weighted by atomic mass is 35.5. The molecule has 1 aromatic carbocycles. The van der Waals surface area contributed by atoms with E-state index in [1.54, 1.807) is 13.2 Å². The molecule has 0 saturated carbocycles. The van der Waals surface area contributed by atoms with Crippen molar-refractivity contribution in [2.75, 3.05) is 7.05 Å². The molecule has 0 unspecified atom stereocenters. The zero-order valence-electron chi connectivity index (χ0n) is 13.5. The van der Waals surface area contributed by atoms with E-state index >= 15 is 0 Å². The highest BCUT2D eigenvalue weighted by Gasteiger charge is 2.23. The monoisotopic (exact) mass is 354 g/mol. The summed E-state index contributed by atoms with van der Waals surface area (Å²) < 4.78 is 1.91. The maximum Gasteiger partial charge on any atom is 0.159 e. The molecule has 0 atom stereocenters. The smallest absolute Gasteiger partial charge is 0.159 e. The number of hydroxylamine groups is 2. The first-order valence-corrected chi connectivity index (χ1v) is 8.10. The SMILES string of the molecule is CN(O)Cc1nnc2n1-c1ccc(Cl)cc1C(c1ccccn1)=NC2. The fraction of sp³-hybridized carbons (Fsp3) is 0.176. The highest BCUT2D eigenvalue weighted by Crippen LogP contribution is 2.28. The van der Waals surface area contributed by atoms with Crippen molar-refractivity contribution in [2.45, 2.75) is 13.1 Å². The summed E-state index contributed by atoms with van der Waals surface area (Å²) in [7, 11) is 1.57. The van der Waals surface area contributed by atoms with Gasteiger partial charge in [0.1, 0.15) is 6.54 Å². The summed E-state index contributed by atoms with van der Waals surface area (Å²) in [6.07, 6.45) is 1.74. The summed E-state index contributed by atoms with van der Waals surface area (Å²) in [4.78, 5) is 9.13. The van der Waals surface area contributed by atoms with Crippen molar-refractivity contribution in [1.29, 1.82) is 0 Å². The molecule has 0 radical (unpaired) electrons. The Hall–Kier alpha value is -2.61. The van der Waals surface area contributed by atoms with Crippen LogP contribution in [0, 0.1) is 0 Å². The Morgan fingerprint density at radius 1 is 1.24 bits per heavy atom. The summed E-state index contributed by atoms with van der Waals surface area (Å²) in [5, 5.41) is 19.7. The van der Waals surface area contributed by atoms with E-state index < -0.39 is 0 Å². The molecule has 1 aliphatic heterocycles. The van der Waals surface area contributed by atoms with Gasteiger partial charge in [0.25, 0.3) is 0 Å². The molecule has 0 fully saturated rings. The van der Waals surface area contributed by atoms with Gasteiger partial charge in [0.2, 0.25) is 0 Å². The van der Waals surface area contributed by atoms with Gasteiger partial charge in [-0.25, -0.2) is 0 Å². The number of hydrogen-bond donors (Lipinski definition) is 1. The van der Waals surface area contributed by atoms with Crippen LogP contribution in [0.4, 0.5) is 0 Å². The van der Waals surface area contributed by atoms with Gasteiger partial charge in [-0.05, 0) is 30.3 Å². The number of pyridine rings is 1. The van der Waals surface area contributed by atoms with Crippen LogP contribution in [-0.2, 0) is 13.1 Å². The van der Waals surface area contributed by atoms with Crippen molar-refractivity contribution in [3.63, 3.8) is 0 Å². The Labute approximate surface area is 149 Å². The van der Waals surface area contributed by atoms with Crippen molar-refractivity contribution in [3.8, 4) is 5.69 Å². The van der Waals surface area contributed by atoms with Crippen LogP contribution in [0.25, 0.3) is 5.69 Å². The third-order valence-electron chi connectivity index (χ3n) is 3.91. The van der Waals surface area contributed by atoms with Crippen molar-refractivity contribution in [3.05, 3.63) is 70.5 Å². The third kappa shape index (κ3) is 2.93. The Balaban J connectivity index is 1.94. The normalized spacial score (nSPS) is 13.2. The number of hydrogen-bond acceptors (Lipinski definition) is 6. The van der Waals surface area contributed by atoms with Gasteiger partial charge in [-0.1, -0.05) is 17.7 Å². The number of aliphatic imine (C=N–C) groups is 1. The largest absolute Gasteiger partial charge is 0.314 e. The summed E-state index contributed by atoms with van der Waals surface area (Å²) in [6, 6.07) is 11.3. The van der Waals surface area contributed by atoms with Crippen LogP contribution in [0.5, 0.6) is 0 Å². The minimum atomic E-state index is 0.244. The first-order chi connectivity index (χ1) is 12.1. The molecule has 0 amide bonds. The number of aromatic nitrogens is 4. The quantitative estimate of drug-likeness (QED) is 0.731. The second-order valence-electron chi connectivity index (χ2n) is 5.72. The van der Waals surface area contributed by atoms with E-state index in [9.17, 15) is 5.21 Å². The summed E-state index contributed by atoms with van der Waals surface area (Å²) in [5.41, 5.74) is 3.24. The van der Waals surface area contributed by atoms with Gasteiger partial charge in [-0.15, -0.1) is 10.2 Å². The average Bonchev–Trinajstić information content (AvgIpc) is 2.90. The molecule has 1 N–H and O–H groups in total. The van der Waals surface area contributed by atoms with Crippen LogP contribution in [0.1, 0.15) is 22.9 Å². The molecule has 25 heavy (non-hydrogen) atoms. The predicted octanol–water partition coefficient (Wildman–Crippen LogP) is 2.49. The molecule has 0 bridgehead atoms. The average molecular weight is 355 g/mol. The maximum atomic E-state index is 9.61. The van der Waals surface area contributed by atoms with Gasteiger partial charge in [0.15, 0.2) is 11.6 Å². The Bertz CT molecular complexity index is 951. The maximum absolute atomic E-state index is 9.61. The van der Waals surface area contributed by atoms with E-state index in [-0.39, 0.29) is 6.54 Å². The first kappa shape index (κ1) is 15.9. The van der Waals surface area contributed by atoms with Gasteiger partial charge in [-0.2, -0.15) is 5.06 Å². The minimum absolute atomic E-state index is 0.244. The fourth-order valence-electron chi connectivity index (χ4n) is 2.89. The van der Waals surface area contributed by atoms with E-state index in [0.29, 0.717) is 23.2 Å². The van der Waals surface area contributed by atoms with E-state index in [1.165, 1.54) is 0 Å². The lowest BCUT2D eigenvalue weighted by Gasteiger charge is -2.14. The minimum Gasteiger partial charge on any atom is -0.314 e. The van der Waals surface area contributed by atoms with Crippen molar-refractivity contribution in [2.24, 2.45) is 4.99 Å². The lowest BCUT2D eigenvalue weighted by Crippen LogP contribution is -2.17. The van der Waals surface area contributed by atoms with Gasteiger partial charge < -0.3 is 5.21 Å². The Kier molecular flexibility index (Phi) is 4.04. The van der Waals surface area contributed by atoms with Crippen LogP contribution >= 0.6 is 11.6 Å². The van der Waals surface area contributed by atoms with Gasteiger partial charge in [-0.3, -0.25) is 14.5 Å². The van der Waals surface area contributed by atoms with Gasteiger partial charge in [0.05, 0.1) is 23.6 Å². The number of nitrogens with zero attached hydrogens (tertiary/aromatic N) is 6. The zero-order valence-corrected chi connectivity index (χ0v) is 14.2. The molecule has 8 heteroatoms. The third-order valence-corrected chi connectivity index (χ3v) is 4.14. The van der Waals surface area contributed by atoms with E-state index in [2.05, 4.69) is 15.2 Å². The molecule has 126 valence electrons. The molecule has 2 aromatic heterocycles. The molecule has 0 aliphatic carbocycles. The lowest BCUT2D eigenvalue weighted by molar-refractivity contribution is -0.0754. The number of fused-ring (bicyclic) bond motifs is 3. The summed E-state index contributed by atoms with van der Waals surface area (Å²) in [6.45, 7) is 0.605. The van der Waals surface area contributed by atoms with Crippen LogP contribution in [0.2, 0.25) is 5.02 Å². The number of rotatable bonds is 3. The first-order valence-electron chi connectivity index (χ1n) is 7.73. The lowest BCUT2D eigenvalue weighted by atomic mass is 10.0. The second kappa shape index (κ2) is 6.36. The topological polar surface area (TPSA) is 79.4 Å². The zero-order chi connectivity index (χ0) is 17.4. The van der Waals surface area contributed by atoms with E-state index in [1.807, 2.05) is 41.0 Å². The van der Waals surface area contributed by atoms with Crippen LogP contribution < -0.4 is 0 Å². The Morgan fingerprint density at radius 3 is 2.88 bits per heavy atom. The molecule has 0 spiro atoms. The standard InChI is InChI=1S/C17H15ClN6O/c1-23(25)10-16-22-21-15-9-20-17(13-4-2-3-7-19-13)12-8-11(18)5-6-14(12)24(15)16/h2-8,25H,9-10H2,1H3. The Morgan fingerprint density at radius 2 is 2.12 bits per heavy atom. The molecular formula is C17H15ClN6O. The molecule has 1 aliphatic rings. The fourth-order valence-corrected chi connectivity index (χ4v) is 3.06. The van der Waals surface area contributed by atoms with E-state index in [4.69, 9.17) is 16.6 Å². The molecule has 4 rings (SSSR count). The van der Waals surface area contributed by atoms with Crippen LogP contribution in [-0.4, -0.2) is 42.8 Å². The summed E-state index contributed by atoms with van der Waals surface area (Å²) in [5.74, 6) is 1.33. The van der Waals surface area contributed by atoms with Crippen molar-refractivity contribution in [1.82, 2.24) is 24.8 Å². The molecule has 0 saturated heterocycles. The van der Waals surface area contributed by atoms with Crippen LogP contribution in [0.3, 0.4) is 0 Å². The molecule has 3 aromatic rings. The second-order valence-corrected chi connectivity index (χ2v) is 6.16. The number of benzene rings is 1. The molecule has 7 nitrogen and oxygen atoms in total. The van der Waals surface area contributed by atoms with Crippen molar-refractivity contribution >= 4 is 17.3 Å². The van der Waals surface area contributed by atoms with Crippen LogP contribution in [0.15, 0.2) is 47.6 Å². The van der Waals surface area contributed by atoms with Gasteiger partial charge >= 0.3 is 0 Å². The van der Waals surface area contributed by atoms with Crippen molar-refractivity contribution < 1.29 is 5.21 Å². The van der Waals surface area contributed by atoms with Gasteiger partial charge in [0, 0.05) is 23.8 Å². The molecule has 3 heterocycles. The molecular weight excluding hydrogens is 340 g/mol. The predicted molar refractivity (Wildman–Crippen MR) is 93.2 cm³/mol. The highest BCUT2D eigenvalue weighted by molar-refractivity contribution is 6.31.